The van der Waals surface area contributed by atoms with E-state index in [4.69, 9.17) is 11.6 Å². The molecule has 0 radical (unpaired) electrons. The average molecular weight is 290 g/mol. The van der Waals surface area contributed by atoms with E-state index in [0.29, 0.717) is 0 Å². The Labute approximate surface area is 125 Å². The summed E-state index contributed by atoms with van der Waals surface area (Å²) in [5.74, 6) is 0.847. The van der Waals surface area contributed by atoms with Crippen LogP contribution in [0.15, 0.2) is 42.5 Å². The van der Waals surface area contributed by atoms with Crippen molar-refractivity contribution < 1.29 is 0 Å². The molecule has 0 spiro atoms. The molecular weight excluding hydrogens is 270 g/mol. The zero-order valence-corrected chi connectivity index (χ0v) is 12.7. The highest BCUT2D eigenvalue weighted by molar-refractivity contribution is 6.31. The molecule has 4 heteroatoms. The molecule has 20 heavy (non-hydrogen) atoms. The van der Waals surface area contributed by atoms with E-state index >= 15 is 0 Å². The summed E-state index contributed by atoms with van der Waals surface area (Å²) in [7, 11) is 1.86. The zero-order chi connectivity index (χ0) is 14.4. The Kier molecular flexibility index (Phi) is 5.39. The molecule has 1 heterocycles. The molecule has 0 unspecified atom stereocenters. The summed E-state index contributed by atoms with van der Waals surface area (Å²) in [5.41, 5.74) is 2.21. The number of benzene rings is 1. The van der Waals surface area contributed by atoms with E-state index in [1.165, 1.54) is 5.56 Å². The van der Waals surface area contributed by atoms with Crippen molar-refractivity contribution in [2.24, 2.45) is 0 Å². The van der Waals surface area contributed by atoms with E-state index in [9.17, 15) is 0 Å². The summed E-state index contributed by atoms with van der Waals surface area (Å²) in [6.07, 6.45) is 0. The van der Waals surface area contributed by atoms with Gasteiger partial charge in [-0.25, -0.2) is 4.98 Å². The van der Waals surface area contributed by atoms with Crippen LogP contribution in [-0.2, 0) is 13.1 Å². The Bertz CT molecular complexity index is 543. The maximum atomic E-state index is 6.24. The maximum absolute atomic E-state index is 6.24. The van der Waals surface area contributed by atoms with Crippen molar-refractivity contribution in [3.8, 4) is 0 Å². The first-order chi connectivity index (χ1) is 9.72. The highest BCUT2D eigenvalue weighted by atomic mass is 35.5. The first kappa shape index (κ1) is 14.8. The standard InChI is InChI=1S/C16H20ClN3/c1-3-20(11-13-7-5-4-6-8-13)12-15-14(17)9-10-16(18-2)19-15/h4-10H,3,11-12H2,1-2H3,(H,18,19). The van der Waals surface area contributed by atoms with Crippen LogP contribution in [0.2, 0.25) is 5.02 Å². The summed E-state index contributed by atoms with van der Waals surface area (Å²) in [5, 5.41) is 3.77. The summed E-state index contributed by atoms with van der Waals surface area (Å²) >= 11 is 6.24. The minimum atomic E-state index is 0.718. The van der Waals surface area contributed by atoms with Gasteiger partial charge >= 0.3 is 0 Å². The fourth-order valence-electron chi connectivity index (χ4n) is 2.07. The second-order valence-corrected chi connectivity index (χ2v) is 5.07. The van der Waals surface area contributed by atoms with E-state index in [-0.39, 0.29) is 0 Å². The second-order valence-electron chi connectivity index (χ2n) is 4.66. The Morgan fingerprint density at radius 1 is 1.10 bits per heavy atom. The normalized spacial score (nSPS) is 10.8. The van der Waals surface area contributed by atoms with Gasteiger partial charge in [0.2, 0.25) is 0 Å². The maximum Gasteiger partial charge on any atom is 0.126 e. The van der Waals surface area contributed by atoms with Crippen LogP contribution >= 0.6 is 11.6 Å². The van der Waals surface area contributed by atoms with Gasteiger partial charge in [0, 0.05) is 20.1 Å². The van der Waals surface area contributed by atoms with Crippen LogP contribution in [0, 0.1) is 0 Å². The van der Waals surface area contributed by atoms with Gasteiger partial charge in [-0.15, -0.1) is 0 Å². The van der Waals surface area contributed by atoms with Crippen molar-refractivity contribution >= 4 is 17.4 Å². The Hall–Kier alpha value is -1.58. The predicted molar refractivity (Wildman–Crippen MR) is 85.0 cm³/mol. The lowest BCUT2D eigenvalue weighted by molar-refractivity contribution is 0.268. The summed E-state index contributed by atoms with van der Waals surface area (Å²) < 4.78 is 0. The monoisotopic (exact) mass is 289 g/mol. The van der Waals surface area contributed by atoms with E-state index < -0.39 is 0 Å². The number of hydrogen-bond donors (Lipinski definition) is 1. The fraction of sp³-hybridized carbons (Fsp3) is 0.312. The molecule has 0 fully saturated rings. The quantitative estimate of drug-likeness (QED) is 0.877. The number of nitrogens with one attached hydrogen (secondary N) is 1. The van der Waals surface area contributed by atoms with E-state index in [2.05, 4.69) is 46.4 Å². The van der Waals surface area contributed by atoms with Crippen LogP contribution in [0.3, 0.4) is 0 Å². The molecule has 0 bridgehead atoms. The molecule has 0 amide bonds. The number of aromatic nitrogens is 1. The van der Waals surface area contributed by atoms with Gasteiger partial charge in [-0.1, -0.05) is 48.9 Å². The van der Waals surface area contributed by atoms with Crippen LogP contribution < -0.4 is 5.32 Å². The molecule has 1 aromatic heterocycles. The van der Waals surface area contributed by atoms with Gasteiger partial charge in [-0.2, -0.15) is 0 Å². The largest absolute Gasteiger partial charge is 0.373 e. The SMILES string of the molecule is CCN(Cc1ccccc1)Cc1nc(NC)ccc1Cl. The van der Waals surface area contributed by atoms with Crippen molar-refractivity contribution in [2.45, 2.75) is 20.0 Å². The molecule has 106 valence electrons. The van der Waals surface area contributed by atoms with Gasteiger partial charge in [0.05, 0.1) is 10.7 Å². The number of nitrogens with zero attached hydrogens (tertiary/aromatic N) is 2. The topological polar surface area (TPSA) is 28.2 Å². The smallest absolute Gasteiger partial charge is 0.126 e. The summed E-state index contributed by atoms with van der Waals surface area (Å²) in [4.78, 5) is 6.86. The Balaban J connectivity index is 2.10. The van der Waals surface area contributed by atoms with Crippen LogP contribution in [-0.4, -0.2) is 23.5 Å². The van der Waals surface area contributed by atoms with Gasteiger partial charge in [0.15, 0.2) is 0 Å². The molecule has 1 aromatic carbocycles. The first-order valence-electron chi connectivity index (χ1n) is 6.82. The van der Waals surface area contributed by atoms with Crippen molar-refractivity contribution in [2.75, 3.05) is 18.9 Å². The van der Waals surface area contributed by atoms with Crippen molar-refractivity contribution in [3.05, 3.63) is 58.7 Å². The lowest BCUT2D eigenvalue weighted by atomic mass is 10.2. The molecule has 2 rings (SSSR count). The number of anilines is 1. The van der Waals surface area contributed by atoms with E-state index in [0.717, 1.165) is 36.2 Å². The number of halogens is 1. The lowest BCUT2D eigenvalue weighted by Gasteiger charge is -2.21. The molecule has 0 saturated heterocycles. The van der Waals surface area contributed by atoms with Crippen LogP contribution in [0.1, 0.15) is 18.2 Å². The minimum Gasteiger partial charge on any atom is -0.373 e. The lowest BCUT2D eigenvalue weighted by Crippen LogP contribution is -2.23. The number of pyridine rings is 1. The zero-order valence-electron chi connectivity index (χ0n) is 11.9. The number of rotatable bonds is 6. The third kappa shape index (κ3) is 3.95. The molecular formula is C16H20ClN3. The van der Waals surface area contributed by atoms with Gasteiger partial charge in [0.25, 0.3) is 0 Å². The third-order valence-corrected chi connectivity index (χ3v) is 3.59. The molecule has 3 nitrogen and oxygen atoms in total. The summed E-state index contributed by atoms with van der Waals surface area (Å²) in [6, 6.07) is 14.2. The second kappa shape index (κ2) is 7.27. The molecule has 0 saturated carbocycles. The van der Waals surface area contributed by atoms with Gasteiger partial charge < -0.3 is 5.32 Å². The van der Waals surface area contributed by atoms with Crippen molar-refractivity contribution in [3.63, 3.8) is 0 Å². The third-order valence-electron chi connectivity index (χ3n) is 3.24. The Morgan fingerprint density at radius 2 is 1.85 bits per heavy atom. The highest BCUT2D eigenvalue weighted by Gasteiger charge is 2.09. The molecule has 2 aromatic rings. The Morgan fingerprint density at radius 3 is 2.50 bits per heavy atom. The molecule has 1 N–H and O–H groups in total. The average Bonchev–Trinajstić information content (AvgIpc) is 2.49. The van der Waals surface area contributed by atoms with Crippen molar-refractivity contribution in [1.29, 1.82) is 0 Å². The van der Waals surface area contributed by atoms with Crippen LogP contribution in [0.4, 0.5) is 5.82 Å². The molecule has 0 aliphatic rings. The molecule has 0 aliphatic carbocycles. The van der Waals surface area contributed by atoms with E-state index in [1.54, 1.807) is 0 Å². The van der Waals surface area contributed by atoms with Gasteiger partial charge in [-0.05, 0) is 24.2 Å². The fourth-order valence-corrected chi connectivity index (χ4v) is 2.23. The molecule has 0 atom stereocenters. The molecule has 0 aliphatic heterocycles. The van der Waals surface area contributed by atoms with Crippen LogP contribution in [0.5, 0.6) is 0 Å². The highest BCUT2D eigenvalue weighted by Crippen LogP contribution is 2.19. The predicted octanol–water partition coefficient (Wildman–Crippen LogP) is 3.80. The summed E-state index contributed by atoms with van der Waals surface area (Å²) in [6.45, 7) is 4.76. The first-order valence-corrected chi connectivity index (χ1v) is 7.20. The van der Waals surface area contributed by atoms with Gasteiger partial charge in [0.1, 0.15) is 5.82 Å². The van der Waals surface area contributed by atoms with E-state index in [1.807, 2.05) is 25.2 Å². The van der Waals surface area contributed by atoms with Crippen LogP contribution in [0.25, 0.3) is 0 Å². The van der Waals surface area contributed by atoms with Gasteiger partial charge in [-0.3, -0.25) is 4.90 Å². The number of hydrogen-bond acceptors (Lipinski definition) is 3. The van der Waals surface area contributed by atoms with Crippen molar-refractivity contribution in [1.82, 2.24) is 9.88 Å². The minimum absolute atomic E-state index is 0.718.